The van der Waals surface area contributed by atoms with Gasteiger partial charge in [0, 0.05) is 19.3 Å². The van der Waals surface area contributed by atoms with Crippen molar-refractivity contribution in [1.29, 1.82) is 0 Å². The van der Waals surface area contributed by atoms with Crippen LogP contribution in [0.1, 0.15) is 278 Å². The molecule has 6 heteroatoms. The minimum atomic E-state index is -0.765. The van der Waals surface area contributed by atoms with Gasteiger partial charge < -0.3 is 14.2 Å². The molecule has 0 aromatic rings. The minimum Gasteiger partial charge on any atom is -0.462 e. The Kier molecular flexibility index (Phi) is 45.3. The van der Waals surface area contributed by atoms with Crippen LogP contribution in [-0.4, -0.2) is 37.2 Å². The van der Waals surface area contributed by atoms with Crippen molar-refractivity contribution in [3.63, 3.8) is 0 Å². The topological polar surface area (TPSA) is 78.9 Å². The molecule has 0 radical (unpaired) electrons. The lowest BCUT2D eigenvalue weighted by atomic mass is 10.0. The first-order valence-corrected chi connectivity index (χ1v) is 25.2. The van der Waals surface area contributed by atoms with Crippen molar-refractivity contribution in [2.75, 3.05) is 13.2 Å². The van der Waals surface area contributed by atoms with Crippen LogP contribution in [0.4, 0.5) is 0 Å². The largest absolute Gasteiger partial charge is 0.462 e. The fraction of sp³-hybridized carbons (Fsp3) is 0.902. The molecule has 0 unspecified atom stereocenters. The van der Waals surface area contributed by atoms with E-state index in [1.807, 2.05) is 0 Å². The molecule has 0 rings (SSSR count). The van der Waals surface area contributed by atoms with E-state index in [0.29, 0.717) is 19.3 Å². The van der Waals surface area contributed by atoms with Gasteiger partial charge in [-0.25, -0.2) is 0 Å². The van der Waals surface area contributed by atoms with Gasteiger partial charge in [0.2, 0.25) is 0 Å². The van der Waals surface area contributed by atoms with E-state index < -0.39 is 6.10 Å². The predicted molar refractivity (Wildman–Crippen MR) is 243 cm³/mol. The van der Waals surface area contributed by atoms with Gasteiger partial charge in [-0.15, -0.1) is 0 Å². The Hall–Kier alpha value is -1.85. The molecule has 0 amide bonds. The molecule has 0 saturated carbocycles. The highest BCUT2D eigenvalue weighted by molar-refractivity contribution is 5.71. The third kappa shape index (κ3) is 45.1. The van der Waals surface area contributed by atoms with Gasteiger partial charge in [-0.3, -0.25) is 14.4 Å². The van der Waals surface area contributed by atoms with Crippen molar-refractivity contribution in [2.45, 2.75) is 284 Å². The molecule has 0 spiro atoms. The number of carbonyl (C=O) groups excluding carboxylic acids is 3. The van der Waals surface area contributed by atoms with E-state index in [1.165, 1.54) is 173 Å². The van der Waals surface area contributed by atoms with E-state index >= 15 is 0 Å². The average molecular weight is 805 g/mol. The van der Waals surface area contributed by atoms with Crippen LogP contribution in [0.2, 0.25) is 0 Å². The van der Waals surface area contributed by atoms with Crippen molar-refractivity contribution < 1.29 is 28.6 Å². The average Bonchev–Trinajstić information content (AvgIpc) is 3.21. The Morgan fingerprint density at radius 3 is 0.877 bits per heavy atom. The number of allylic oxidation sites excluding steroid dienone is 2. The van der Waals surface area contributed by atoms with E-state index in [2.05, 4.69) is 32.9 Å². The Morgan fingerprint density at radius 1 is 0.333 bits per heavy atom. The highest BCUT2D eigenvalue weighted by Crippen LogP contribution is 2.16. The quantitative estimate of drug-likeness (QED) is 0.0264. The first-order chi connectivity index (χ1) is 28.0. The van der Waals surface area contributed by atoms with Gasteiger partial charge in [-0.2, -0.15) is 0 Å². The molecule has 57 heavy (non-hydrogen) atoms. The smallest absolute Gasteiger partial charge is 0.306 e. The fourth-order valence-electron chi connectivity index (χ4n) is 7.44. The molecule has 1 atom stereocenters. The molecule has 0 aliphatic heterocycles. The Balaban J connectivity index is 4.30. The summed E-state index contributed by atoms with van der Waals surface area (Å²) in [6.07, 6.45) is 50.5. The normalized spacial score (nSPS) is 12.0. The van der Waals surface area contributed by atoms with Crippen LogP contribution < -0.4 is 0 Å². The second kappa shape index (κ2) is 46.8. The summed E-state index contributed by atoms with van der Waals surface area (Å²) in [6.45, 7) is 6.63. The molecule has 6 nitrogen and oxygen atoms in total. The van der Waals surface area contributed by atoms with Crippen LogP contribution in [0.5, 0.6) is 0 Å². The van der Waals surface area contributed by atoms with Crippen LogP contribution in [0, 0.1) is 0 Å². The van der Waals surface area contributed by atoms with Crippen molar-refractivity contribution in [3.05, 3.63) is 12.2 Å². The Labute approximate surface area is 354 Å². The zero-order chi connectivity index (χ0) is 41.5. The van der Waals surface area contributed by atoms with Crippen LogP contribution >= 0.6 is 0 Å². The summed E-state index contributed by atoms with van der Waals surface area (Å²) in [5.41, 5.74) is 0. The maximum absolute atomic E-state index is 12.8. The van der Waals surface area contributed by atoms with Crippen molar-refractivity contribution in [1.82, 2.24) is 0 Å². The van der Waals surface area contributed by atoms with Crippen molar-refractivity contribution in [3.8, 4) is 0 Å². The molecule has 0 aromatic heterocycles. The van der Waals surface area contributed by atoms with E-state index in [1.54, 1.807) is 0 Å². The molecule has 0 aliphatic rings. The third-order valence-electron chi connectivity index (χ3n) is 11.3. The van der Waals surface area contributed by atoms with Crippen LogP contribution in [0.15, 0.2) is 12.2 Å². The monoisotopic (exact) mass is 805 g/mol. The molecule has 0 fully saturated rings. The zero-order valence-corrected chi connectivity index (χ0v) is 38.4. The first-order valence-electron chi connectivity index (χ1n) is 25.2. The second-order valence-corrected chi connectivity index (χ2v) is 17.1. The number of ether oxygens (including phenoxy) is 3. The number of rotatable bonds is 46. The van der Waals surface area contributed by atoms with Crippen molar-refractivity contribution in [2.24, 2.45) is 0 Å². The molecular weight excluding hydrogens is 709 g/mol. The number of hydrogen-bond donors (Lipinski definition) is 0. The number of hydrogen-bond acceptors (Lipinski definition) is 6. The fourth-order valence-corrected chi connectivity index (χ4v) is 7.44. The summed E-state index contributed by atoms with van der Waals surface area (Å²) in [5.74, 6) is -0.865. The lowest BCUT2D eigenvalue weighted by Gasteiger charge is -2.18. The van der Waals surface area contributed by atoms with Gasteiger partial charge in [-0.05, 0) is 44.9 Å². The predicted octanol–water partition coefficient (Wildman–Crippen LogP) is 16.2. The van der Waals surface area contributed by atoms with E-state index in [-0.39, 0.29) is 31.1 Å². The third-order valence-corrected chi connectivity index (χ3v) is 11.3. The first kappa shape index (κ1) is 55.2. The number of esters is 3. The molecule has 0 heterocycles. The zero-order valence-electron chi connectivity index (χ0n) is 38.4. The highest BCUT2D eigenvalue weighted by atomic mass is 16.6. The standard InChI is InChI=1S/C51H96O6/c1-4-7-10-13-16-19-21-23-25-27-29-32-35-38-41-44-50(53)56-47-48(46-55-49(52)43-40-37-34-31-18-15-12-9-6-3)57-51(54)45-42-39-36-33-30-28-26-24-22-20-17-14-11-8-5-2/h23,25,48H,4-22,24,26-47H2,1-3H3/b25-23-/t48-/m1/s1. The van der Waals surface area contributed by atoms with Gasteiger partial charge in [0.25, 0.3) is 0 Å². The summed E-state index contributed by atoms with van der Waals surface area (Å²) >= 11 is 0. The van der Waals surface area contributed by atoms with Gasteiger partial charge >= 0.3 is 17.9 Å². The molecule has 0 aromatic carbocycles. The Bertz CT molecular complexity index is 885. The number of carbonyl (C=O) groups is 3. The highest BCUT2D eigenvalue weighted by Gasteiger charge is 2.19. The van der Waals surface area contributed by atoms with Gasteiger partial charge in [0.15, 0.2) is 6.10 Å². The molecule has 0 saturated heterocycles. The van der Waals surface area contributed by atoms with Gasteiger partial charge in [-0.1, -0.05) is 226 Å². The summed E-state index contributed by atoms with van der Waals surface area (Å²) in [4.78, 5) is 37.8. The van der Waals surface area contributed by atoms with E-state index in [4.69, 9.17) is 14.2 Å². The van der Waals surface area contributed by atoms with E-state index in [0.717, 1.165) is 64.2 Å². The molecule has 336 valence electrons. The molecule has 0 N–H and O–H groups in total. The van der Waals surface area contributed by atoms with Gasteiger partial charge in [0.1, 0.15) is 13.2 Å². The van der Waals surface area contributed by atoms with Crippen LogP contribution in [-0.2, 0) is 28.6 Å². The summed E-state index contributed by atoms with van der Waals surface area (Å²) in [5, 5.41) is 0. The van der Waals surface area contributed by atoms with Crippen molar-refractivity contribution >= 4 is 17.9 Å². The second-order valence-electron chi connectivity index (χ2n) is 17.1. The summed E-state index contributed by atoms with van der Waals surface area (Å²) < 4.78 is 16.8. The van der Waals surface area contributed by atoms with Crippen LogP contribution in [0.25, 0.3) is 0 Å². The molecular formula is C51H96O6. The summed E-state index contributed by atoms with van der Waals surface area (Å²) in [6, 6.07) is 0. The lowest BCUT2D eigenvalue weighted by molar-refractivity contribution is -0.167. The SMILES string of the molecule is CCCCCCCC/C=C\CCCCCCCC(=O)OC[C@@H](COC(=O)CCCCCCCCCCC)OC(=O)CCCCCCCCCCCCCCCCC. The maximum Gasteiger partial charge on any atom is 0.306 e. The van der Waals surface area contributed by atoms with E-state index in [9.17, 15) is 14.4 Å². The van der Waals surface area contributed by atoms with Crippen LogP contribution in [0.3, 0.4) is 0 Å². The lowest BCUT2D eigenvalue weighted by Crippen LogP contribution is -2.30. The van der Waals surface area contributed by atoms with Gasteiger partial charge in [0.05, 0.1) is 0 Å². The molecule has 0 aliphatic carbocycles. The Morgan fingerprint density at radius 2 is 0.579 bits per heavy atom. The molecule has 0 bridgehead atoms. The minimum absolute atomic E-state index is 0.0679. The maximum atomic E-state index is 12.8. The summed E-state index contributed by atoms with van der Waals surface area (Å²) in [7, 11) is 0. The number of unbranched alkanes of at least 4 members (excludes halogenated alkanes) is 33.